The van der Waals surface area contributed by atoms with Gasteiger partial charge in [0.1, 0.15) is 0 Å². The van der Waals surface area contributed by atoms with Crippen LogP contribution in [0.1, 0.15) is 31.0 Å². The summed E-state index contributed by atoms with van der Waals surface area (Å²) in [5.74, 6) is 0.532. The second-order valence-corrected chi connectivity index (χ2v) is 6.21. The highest BCUT2D eigenvalue weighted by Gasteiger charge is 2.15. The van der Waals surface area contributed by atoms with Crippen molar-refractivity contribution >= 4 is 5.69 Å². The van der Waals surface area contributed by atoms with Crippen molar-refractivity contribution in [3.8, 4) is 0 Å². The predicted octanol–water partition coefficient (Wildman–Crippen LogP) is 4.56. The molecule has 2 aromatic rings. The summed E-state index contributed by atoms with van der Waals surface area (Å²) < 4.78 is 0. The Bertz CT molecular complexity index is 547. The Balaban J connectivity index is 2.18. The molecule has 2 heteroatoms. The zero-order chi connectivity index (χ0) is 15.2. The van der Waals surface area contributed by atoms with Gasteiger partial charge in [-0.25, -0.2) is 0 Å². The largest absolute Gasteiger partial charge is 0.378 e. The third kappa shape index (κ3) is 4.61. The third-order valence-corrected chi connectivity index (χ3v) is 3.57. The van der Waals surface area contributed by atoms with Crippen molar-refractivity contribution in [1.29, 1.82) is 0 Å². The molecule has 21 heavy (non-hydrogen) atoms. The Morgan fingerprint density at radius 3 is 2.29 bits per heavy atom. The number of hydrogen-bond donors (Lipinski definition) is 1. The molecule has 0 aliphatic carbocycles. The molecule has 0 radical (unpaired) electrons. The molecule has 112 valence electrons. The van der Waals surface area contributed by atoms with E-state index in [1.807, 2.05) is 0 Å². The maximum Gasteiger partial charge on any atom is 0.0536 e. The van der Waals surface area contributed by atoms with Gasteiger partial charge in [0.25, 0.3) is 0 Å². The molecule has 0 bridgehead atoms. The highest BCUT2D eigenvalue weighted by atomic mass is 15.0. The highest BCUT2D eigenvalue weighted by molar-refractivity contribution is 5.48. The number of nitrogens with zero attached hydrogens (tertiary/aromatic N) is 1. The second-order valence-electron chi connectivity index (χ2n) is 6.21. The van der Waals surface area contributed by atoms with Crippen molar-refractivity contribution in [2.45, 2.75) is 26.4 Å². The van der Waals surface area contributed by atoms with Gasteiger partial charge in [-0.15, -0.1) is 0 Å². The molecular weight excluding hydrogens is 256 g/mol. The molecule has 0 aromatic heterocycles. The molecule has 1 atom stereocenters. The zero-order valence-electron chi connectivity index (χ0n) is 13.5. The van der Waals surface area contributed by atoms with Crippen LogP contribution in [0.15, 0.2) is 54.6 Å². The van der Waals surface area contributed by atoms with Crippen LogP contribution in [0.25, 0.3) is 0 Å². The molecule has 2 aromatic carbocycles. The molecule has 0 saturated carbocycles. The predicted molar refractivity (Wildman–Crippen MR) is 91.5 cm³/mol. The molecule has 1 unspecified atom stereocenters. The van der Waals surface area contributed by atoms with Crippen LogP contribution in [-0.4, -0.2) is 19.0 Å². The Kier molecular flexibility index (Phi) is 5.40. The van der Waals surface area contributed by atoms with Gasteiger partial charge in [0.15, 0.2) is 0 Å². The lowest BCUT2D eigenvalue weighted by Gasteiger charge is -2.24. The minimum atomic E-state index is 0.334. The fourth-order valence-corrected chi connectivity index (χ4v) is 2.60. The van der Waals surface area contributed by atoms with Crippen LogP contribution in [0.5, 0.6) is 0 Å². The standard InChI is InChI=1S/C19H26N2/c1-15(2)19(17-10-6-5-7-11-17)20-18-12-8-9-16(13-18)14-21(3)4/h5-13,15,19-20H,14H2,1-4H3. The molecule has 0 saturated heterocycles. The molecule has 2 rings (SSSR count). The summed E-state index contributed by atoms with van der Waals surface area (Å²) in [6.07, 6.45) is 0. The van der Waals surface area contributed by atoms with Crippen molar-refractivity contribution < 1.29 is 0 Å². The molecule has 1 N–H and O–H groups in total. The van der Waals surface area contributed by atoms with Gasteiger partial charge in [-0.1, -0.05) is 56.3 Å². The maximum absolute atomic E-state index is 3.69. The van der Waals surface area contributed by atoms with Crippen LogP contribution in [-0.2, 0) is 6.54 Å². The van der Waals surface area contributed by atoms with Crippen molar-refractivity contribution in [2.75, 3.05) is 19.4 Å². The SMILES string of the molecule is CC(C)C(Nc1cccc(CN(C)C)c1)c1ccccc1. The Labute approximate surface area is 128 Å². The molecule has 0 fully saturated rings. The maximum atomic E-state index is 3.69. The summed E-state index contributed by atoms with van der Waals surface area (Å²) in [5, 5.41) is 3.69. The molecule has 0 spiro atoms. The summed E-state index contributed by atoms with van der Waals surface area (Å²) in [6.45, 7) is 5.48. The number of benzene rings is 2. The lowest BCUT2D eigenvalue weighted by molar-refractivity contribution is 0.402. The van der Waals surface area contributed by atoms with Crippen LogP contribution in [0.3, 0.4) is 0 Å². The molecule has 0 aliphatic heterocycles. The first-order valence-electron chi connectivity index (χ1n) is 7.61. The Morgan fingerprint density at radius 2 is 1.67 bits per heavy atom. The van der Waals surface area contributed by atoms with Crippen LogP contribution < -0.4 is 5.32 Å². The van der Waals surface area contributed by atoms with Crippen LogP contribution in [0, 0.1) is 5.92 Å². The Hall–Kier alpha value is -1.80. The van der Waals surface area contributed by atoms with Gasteiger partial charge in [-0.05, 0) is 43.3 Å². The first kappa shape index (κ1) is 15.6. The van der Waals surface area contributed by atoms with E-state index >= 15 is 0 Å². The van der Waals surface area contributed by atoms with Crippen molar-refractivity contribution in [2.24, 2.45) is 5.92 Å². The normalized spacial score (nSPS) is 12.7. The Morgan fingerprint density at radius 1 is 0.952 bits per heavy atom. The first-order chi connectivity index (χ1) is 10.1. The lowest BCUT2D eigenvalue weighted by atomic mass is 9.95. The average Bonchev–Trinajstić information content (AvgIpc) is 2.45. The van der Waals surface area contributed by atoms with Gasteiger partial charge in [-0.2, -0.15) is 0 Å². The van der Waals surface area contributed by atoms with Gasteiger partial charge < -0.3 is 10.2 Å². The summed E-state index contributed by atoms with van der Waals surface area (Å²) >= 11 is 0. The van der Waals surface area contributed by atoms with Gasteiger partial charge in [-0.3, -0.25) is 0 Å². The summed E-state index contributed by atoms with van der Waals surface area (Å²) in [7, 11) is 4.20. The molecule has 2 nitrogen and oxygen atoms in total. The highest BCUT2D eigenvalue weighted by Crippen LogP contribution is 2.26. The van der Waals surface area contributed by atoms with E-state index in [0.717, 1.165) is 6.54 Å². The average molecular weight is 282 g/mol. The summed E-state index contributed by atoms with van der Waals surface area (Å²) in [6, 6.07) is 19.7. The van der Waals surface area contributed by atoms with E-state index in [4.69, 9.17) is 0 Å². The van der Waals surface area contributed by atoms with Gasteiger partial charge in [0.2, 0.25) is 0 Å². The van der Waals surface area contributed by atoms with E-state index in [-0.39, 0.29) is 0 Å². The topological polar surface area (TPSA) is 15.3 Å². The number of hydrogen-bond acceptors (Lipinski definition) is 2. The van der Waals surface area contributed by atoms with Crippen molar-refractivity contribution in [3.63, 3.8) is 0 Å². The molecule has 0 amide bonds. The monoisotopic (exact) mass is 282 g/mol. The van der Waals surface area contributed by atoms with Crippen LogP contribution >= 0.6 is 0 Å². The number of rotatable bonds is 6. The van der Waals surface area contributed by atoms with Gasteiger partial charge in [0, 0.05) is 12.2 Å². The van der Waals surface area contributed by atoms with Crippen LogP contribution in [0.2, 0.25) is 0 Å². The number of anilines is 1. The first-order valence-corrected chi connectivity index (χ1v) is 7.61. The summed E-state index contributed by atoms with van der Waals surface area (Å²) in [4.78, 5) is 2.19. The quantitative estimate of drug-likeness (QED) is 0.835. The zero-order valence-corrected chi connectivity index (χ0v) is 13.5. The fraction of sp³-hybridized carbons (Fsp3) is 0.368. The minimum Gasteiger partial charge on any atom is -0.378 e. The van der Waals surface area contributed by atoms with E-state index in [1.165, 1.54) is 16.8 Å². The number of nitrogens with one attached hydrogen (secondary N) is 1. The van der Waals surface area contributed by atoms with Gasteiger partial charge in [0.05, 0.1) is 6.04 Å². The van der Waals surface area contributed by atoms with Crippen LogP contribution in [0.4, 0.5) is 5.69 Å². The second kappa shape index (κ2) is 7.28. The van der Waals surface area contributed by atoms with E-state index < -0.39 is 0 Å². The molecule has 0 heterocycles. The van der Waals surface area contributed by atoms with Gasteiger partial charge >= 0.3 is 0 Å². The summed E-state index contributed by atoms with van der Waals surface area (Å²) in [5.41, 5.74) is 3.86. The molecular formula is C19H26N2. The fourth-order valence-electron chi connectivity index (χ4n) is 2.60. The molecule has 0 aliphatic rings. The lowest BCUT2D eigenvalue weighted by Crippen LogP contribution is -2.17. The minimum absolute atomic E-state index is 0.334. The van der Waals surface area contributed by atoms with Crippen molar-refractivity contribution in [3.05, 3.63) is 65.7 Å². The van der Waals surface area contributed by atoms with Crippen molar-refractivity contribution in [1.82, 2.24) is 4.90 Å². The third-order valence-electron chi connectivity index (χ3n) is 3.57. The smallest absolute Gasteiger partial charge is 0.0536 e. The van der Waals surface area contributed by atoms with E-state index in [9.17, 15) is 0 Å². The van der Waals surface area contributed by atoms with E-state index in [2.05, 4.69) is 92.8 Å². The van der Waals surface area contributed by atoms with E-state index in [1.54, 1.807) is 0 Å². The van der Waals surface area contributed by atoms with E-state index in [0.29, 0.717) is 12.0 Å².